The van der Waals surface area contributed by atoms with Gasteiger partial charge in [0.2, 0.25) is 0 Å². The first-order valence-electron chi connectivity index (χ1n) is 7.99. The van der Waals surface area contributed by atoms with Crippen molar-refractivity contribution in [2.75, 3.05) is 0 Å². The largest absolute Gasteiger partial charge is 0.484 e. The first-order valence-corrected chi connectivity index (χ1v) is 7.99. The van der Waals surface area contributed by atoms with Gasteiger partial charge in [-0.25, -0.2) is 19.0 Å². The van der Waals surface area contributed by atoms with Crippen LogP contribution in [0.3, 0.4) is 0 Å². The lowest BCUT2D eigenvalue weighted by molar-refractivity contribution is -0.0593. The summed E-state index contributed by atoms with van der Waals surface area (Å²) in [6.45, 7) is 7.02. The van der Waals surface area contributed by atoms with Gasteiger partial charge in [-0.05, 0) is 12.1 Å². The maximum Gasteiger partial charge on any atom is 0.333 e. The Morgan fingerprint density at radius 1 is 1.08 bits per heavy atom. The number of benzene rings is 1. The zero-order valence-corrected chi connectivity index (χ0v) is 14.2. The summed E-state index contributed by atoms with van der Waals surface area (Å²) in [4.78, 5) is 38.8. The van der Waals surface area contributed by atoms with E-state index in [2.05, 4.69) is 13.2 Å². The third-order valence-corrected chi connectivity index (χ3v) is 3.94. The van der Waals surface area contributed by atoms with Crippen molar-refractivity contribution >= 4 is 0 Å². The highest BCUT2D eigenvalue weighted by molar-refractivity contribution is 5.23. The third-order valence-electron chi connectivity index (χ3n) is 3.94. The van der Waals surface area contributed by atoms with E-state index in [0.29, 0.717) is 10.3 Å². The fourth-order valence-corrected chi connectivity index (χ4v) is 2.68. The normalized spacial score (nSPS) is 12.3. The molecule has 26 heavy (non-hydrogen) atoms. The summed E-state index contributed by atoms with van der Waals surface area (Å²) >= 11 is 0. The Bertz CT molecular complexity index is 882. The van der Waals surface area contributed by atoms with E-state index in [-0.39, 0.29) is 19.4 Å². The molecular formula is C18H21N3O5. The molecule has 0 bridgehead atoms. The molecular weight excluding hydrogens is 338 g/mol. The van der Waals surface area contributed by atoms with Gasteiger partial charge in [-0.2, -0.15) is 0 Å². The minimum Gasteiger partial charge on any atom is -0.484 e. The average Bonchev–Trinajstić information content (AvgIpc) is 2.59. The molecule has 0 saturated heterocycles. The van der Waals surface area contributed by atoms with Crippen molar-refractivity contribution in [3.63, 3.8) is 0 Å². The molecule has 0 aliphatic rings. The highest BCUT2D eigenvalue weighted by Crippen LogP contribution is 2.29. The summed E-state index contributed by atoms with van der Waals surface area (Å²) in [7, 11) is 0. The van der Waals surface area contributed by atoms with Crippen LogP contribution in [-0.4, -0.2) is 31.3 Å². The second-order valence-electron chi connectivity index (χ2n) is 5.78. The molecule has 0 fully saturated rings. The van der Waals surface area contributed by atoms with E-state index in [0.717, 1.165) is 0 Å². The molecule has 1 aromatic carbocycles. The van der Waals surface area contributed by atoms with Gasteiger partial charge in [0.05, 0.1) is 6.54 Å². The van der Waals surface area contributed by atoms with Crippen LogP contribution < -0.4 is 21.8 Å². The Labute approximate surface area is 149 Å². The Hall–Kier alpha value is -3.13. The zero-order chi connectivity index (χ0) is 19.2. The minimum absolute atomic E-state index is 0.241. The van der Waals surface area contributed by atoms with Crippen molar-refractivity contribution in [2.24, 2.45) is 0 Å². The topological polar surface area (TPSA) is 117 Å². The van der Waals surface area contributed by atoms with Gasteiger partial charge in [-0.15, -0.1) is 13.2 Å². The number of nitrogens with one attached hydrogen (secondary N) is 2. The van der Waals surface area contributed by atoms with Gasteiger partial charge in [-0.1, -0.05) is 30.4 Å². The van der Waals surface area contributed by atoms with Gasteiger partial charge in [0, 0.05) is 12.8 Å². The van der Waals surface area contributed by atoms with E-state index in [4.69, 9.17) is 4.74 Å². The summed E-state index contributed by atoms with van der Waals surface area (Å²) in [5, 5.41) is 10.8. The molecule has 0 saturated carbocycles. The number of hydrogen-bond donors (Lipinski definition) is 3. The summed E-state index contributed by atoms with van der Waals surface area (Å²) in [5.74, 6) is 0.512. The van der Waals surface area contributed by atoms with Crippen LogP contribution in [0.2, 0.25) is 0 Å². The Morgan fingerprint density at radius 2 is 1.62 bits per heavy atom. The van der Waals surface area contributed by atoms with Crippen LogP contribution in [-0.2, 0) is 6.54 Å². The summed E-state index contributed by atoms with van der Waals surface area (Å²) in [6.07, 6.45) is 2.38. The maximum atomic E-state index is 11.9. The first kappa shape index (κ1) is 19.2. The van der Waals surface area contributed by atoms with Crippen molar-refractivity contribution in [3.05, 3.63) is 87.1 Å². The van der Waals surface area contributed by atoms with Gasteiger partial charge in [0.15, 0.2) is 0 Å². The number of ether oxygens (including phenoxy) is 1. The number of aliphatic hydroxyl groups excluding tert-OH is 1. The molecule has 8 heteroatoms. The first-order chi connectivity index (χ1) is 12.4. The number of para-hydroxylation sites is 1. The van der Waals surface area contributed by atoms with Crippen molar-refractivity contribution in [3.8, 4) is 5.75 Å². The second kappa shape index (κ2) is 8.30. The molecule has 0 aliphatic heterocycles. The van der Waals surface area contributed by atoms with E-state index < -0.39 is 28.8 Å². The average molecular weight is 359 g/mol. The number of hydrogen-bond acceptors (Lipinski definition) is 5. The van der Waals surface area contributed by atoms with Crippen molar-refractivity contribution in [1.29, 1.82) is 0 Å². The smallest absolute Gasteiger partial charge is 0.333 e. The molecule has 1 atom stereocenters. The molecule has 2 rings (SSSR count). The minimum atomic E-state index is -1.26. The van der Waals surface area contributed by atoms with Crippen molar-refractivity contribution in [1.82, 2.24) is 14.5 Å². The Kier molecular flexibility index (Phi) is 6.13. The zero-order valence-electron chi connectivity index (χ0n) is 14.2. The summed E-state index contributed by atoms with van der Waals surface area (Å²) < 4.78 is 6.74. The SMILES string of the molecule is C=CCC(CC=C)(Oc1ccccc1)C(O)Cn1c(=O)[nH]c(=O)[nH]c1=O. The molecule has 1 aromatic heterocycles. The quantitative estimate of drug-likeness (QED) is 0.566. The van der Waals surface area contributed by atoms with Crippen molar-refractivity contribution < 1.29 is 9.84 Å². The highest BCUT2D eigenvalue weighted by atomic mass is 16.5. The maximum absolute atomic E-state index is 11.9. The Balaban J connectivity index is 2.42. The number of H-pyrrole nitrogens is 2. The predicted octanol–water partition coefficient (Wildman–Crippen LogP) is 0.556. The van der Waals surface area contributed by atoms with Crippen LogP contribution in [0.4, 0.5) is 0 Å². The Morgan fingerprint density at radius 3 is 2.12 bits per heavy atom. The van der Waals surface area contributed by atoms with Gasteiger partial charge in [-0.3, -0.25) is 9.97 Å². The van der Waals surface area contributed by atoms with E-state index >= 15 is 0 Å². The number of aromatic nitrogens is 3. The number of nitrogens with zero attached hydrogens (tertiary/aromatic N) is 1. The van der Waals surface area contributed by atoms with Gasteiger partial charge >= 0.3 is 17.1 Å². The summed E-state index contributed by atoms with van der Waals surface area (Å²) in [6, 6.07) is 8.85. The van der Waals surface area contributed by atoms with Gasteiger partial charge < -0.3 is 9.84 Å². The molecule has 138 valence electrons. The lowest BCUT2D eigenvalue weighted by Crippen LogP contribution is -2.53. The van der Waals surface area contributed by atoms with Crippen LogP contribution in [0.1, 0.15) is 12.8 Å². The van der Waals surface area contributed by atoms with E-state index in [9.17, 15) is 19.5 Å². The molecule has 1 unspecified atom stereocenters. The number of aromatic amines is 2. The second-order valence-corrected chi connectivity index (χ2v) is 5.78. The van der Waals surface area contributed by atoms with Crippen molar-refractivity contribution in [2.45, 2.75) is 31.1 Å². The predicted molar refractivity (Wildman–Crippen MR) is 97.4 cm³/mol. The van der Waals surface area contributed by atoms with Crippen LogP contribution >= 0.6 is 0 Å². The third kappa shape index (κ3) is 4.28. The lowest BCUT2D eigenvalue weighted by atomic mass is 9.88. The molecule has 2 aromatic rings. The van der Waals surface area contributed by atoms with Gasteiger partial charge in [0.1, 0.15) is 17.5 Å². The molecule has 8 nitrogen and oxygen atoms in total. The summed E-state index contributed by atoms with van der Waals surface area (Å²) in [5.41, 5.74) is -3.92. The van der Waals surface area contributed by atoms with Crippen LogP contribution in [0.15, 0.2) is 70.0 Å². The standard InChI is InChI=1S/C18H21N3O5/c1-3-10-18(11-4-2,26-13-8-6-5-7-9-13)14(22)12-21-16(24)19-15(23)20-17(21)25/h3-9,14,22H,1-2,10-12H2,(H2,19,20,23,24,25). The number of aliphatic hydroxyl groups is 1. The van der Waals surface area contributed by atoms with Crippen LogP contribution in [0.25, 0.3) is 0 Å². The lowest BCUT2D eigenvalue weighted by Gasteiger charge is -2.37. The van der Waals surface area contributed by atoms with Crippen LogP contribution in [0.5, 0.6) is 5.75 Å². The molecule has 0 amide bonds. The number of rotatable bonds is 9. The fourth-order valence-electron chi connectivity index (χ4n) is 2.68. The molecule has 0 aliphatic carbocycles. The van der Waals surface area contributed by atoms with E-state index in [1.54, 1.807) is 36.4 Å². The fraction of sp³-hybridized carbons (Fsp3) is 0.278. The van der Waals surface area contributed by atoms with Gasteiger partial charge in [0.25, 0.3) is 0 Å². The van der Waals surface area contributed by atoms with E-state index in [1.165, 1.54) is 0 Å². The molecule has 1 heterocycles. The molecule has 0 spiro atoms. The molecule has 0 radical (unpaired) electrons. The van der Waals surface area contributed by atoms with Crippen LogP contribution in [0, 0.1) is 0 Å². The van der Waals surface area contributed by atoms with E-state index in [1.807, 2.05) is 16.0 Å². The monoisotopic (exact) mass is 359 g/mol. The molecule has 3 N–H and O–H groups in total. The highest BCUT2D eigenvalue weighted by Gasteiger charge is 2.39.